The van der Waals surface area contributed by atoms with Crippen molar-refractivity contribution in [3.05, 3.63) is 393 Å². The first-order chi connectivity index (χ1) is 50.0. The van der Waals surface area contributed by atoms with Crippen LogP contribution in [0.25, 0.3) is 33.4 Å². The zero-order valence-electron chi connectivity index (χ0n) is 57.0. The second-order valence-electron chi connectivity index (χ2n) is 27.3. The second-order valence-corrected chi connectivity index (χ2v) is 27.3. The minimum Gasteiger partial charge on any atom is -0.497 e. The molecule has 2 atom stereocenters. The summed E-state index contributed by atoms with van der Waals surface area (Å²) in [6, 6.07) is 105. The summed E-state index contributed by atoms with van der Waals surface area (Å²) in [5, 5.41) is 0. The van der Waals surface area contributed by atoms with E-state index in [1.54, 1.807) is 40.2 Å². The van der Waals surface area contributed by atoms with E-state index < -0.39 is 10.8 Å². The number of ether oxygens (including phenoxy) is 4. The first-order valence-corrected chi connectivity index (χ1v) is 34.9. The van der Waals surface area contributed by atoms with Crippen LogP contribution in [0, 0.1) is 25.5 Å². The summed E-state index contributed by atoms with van der Waals surface area (Å²) < 4.78 is 56.9. The Balaban J connectivity index is 0.717. The van der Waals surface area contributed by atoms with Gasteiger partial charge in [-0.05, 0) is 296 Å². The highest BCUT2D eigenvalue weighted by molar-refractivity contribution is 5.92. The topological polar surface area (TPSA) is 43.4 Å². The highest BCUT2D eigenvalue weighted by Crippen LogP contribution is 2.60. The van der Waals surface area contributed by atoms with Gasteiger partial charge in [-0.3, -0.25) is 0 Å². The van der Waals surface area contributed by atoms with Gasteiger partial charge in [-0.2, -0.15) is 0 Å². The Morgan fingerprint density at radius 1 is 0.275 bits per heavy atom. The number of methoxy groups -OCH3 is 2. The van der Waals surface area contributed by atoms with E-state index >= 15 is 8.78 Å². The van der Waals surface area contributed by atoms with Crippen molar-refractivity contribution < 1.29 is 27.7 Å². The molecule has 494 valence electrons. The first kappa shape index (κ1) is 62.0. The van der Waals surface area contributed by atoms with Gasteiger partial charge in [-0.1, -0.05) is 158 Å². The number of hydrogen-bond donors (Lipinski definition) is 0. The quantitative estimate of drug-likeness (QED) is 0.0905. The average molecular weight is 1330 g/mol. The van der Waals surface area contributed by atoms with Crippen molar-refractivity contribution >= 4 is 34.1 Å². The molecule has 4 aliphatic carbocycles. The largest absolute Gasteiger partial charge is 0.497 e. The van der Waals surface area contributed by atoms with Gasteiger partial charge in [-0.15, -0.1) is 0 Å². The lowest BCUT2D eigenvalue weighted by molar-refractivity contribution is 0.414. The maximum absolute atomic E-state index is 16.2. The van der Waals surface area contributed by atoms with E-state index in [0.717, 1.165) is 161 Å². The number of aryl methyl sites for hydroxylation is 6. The van der Waals surface area contributed by atoms with Crippen LogP contribution < -0.4 is 28.7 Å². The summed E-state index contributed by atoms with van der Waals surface area (Å²) in [5.74, 6) is 4.12. The van der Waals surface area contributed by atoms with Crippen LogP contribution >= 0.6 is 0 Å². The fourth-order valence-corrected chi connectivity index (χ4v) is 16.3. The van der Waals surface area contributed by atoms with Gasteiger partial charge < -0.3 is 28.7 Å². The minimum atomic E-state index is -0.785. The van der Waals surface area contributed by atoms with Gasteiger partial charge in [0.1, 0.15) is 46.1 Å². The SMILES string of the molecule is COc1ccc(C2(c3ccc(Oc4ccc5c(c4)CC5)cc3)c3ccccc3-c3ccc(N(c4ccc(-c5ccc(N(c6ccc(C)c(F)c6)c6ccc7c(c6)C(c6ccc(OC)cc6)(c6ccc(Oc8ccc9c(c8)CC9)cc6)c6ccccc6-7)cc5)cc4)c4ccc(C)c(F)c4)cc32)cc1. The third-order valence-electron chi connectivity index (χ3n) is 21.8. The first-order valence-electron chi connectivity index (χ1n) is 34.9. The Bertz CT molecular complexity index is 5250. The summed E-state index contributed by atoms with van der Waals surface area (Å²) in [4.78, 5) is 4.30. The van der Waals surface area contributed by atoms with Gasteiger partial charge >= 0.3 is 0 Å². The fraction of sp³-hybridized carbons (Fsp3) is 0.106. The van der Waals surface area contributed by atoms with Crippen LogP contribution in [0.3, 0.4) is 0 Å². The second kappa shape index (κ2) is 24.9. The van der Waals surface area contributed by atoms with Gasteiger partial charge in [0.2, 0.25) is 0 Å². The van der Waals surface area contributed by atoms with Crippen molar-refractivity contribution in [2.45, 2.75) is 50.4 Å². The van der Waals surface area contributed by atoms with Crippen molar-refractivity contribution in [2.24, 2.45) is 0 Å². The number of hydrogen-bond acceptors (Lipinski definition) is 6. The number of fused-ring (bicyclic) bond motifs is 8. The summed E-state index contributed by atoms with van der Waals surface area (Å²) in [5.41, 5.74) is 25.0. The molecular formula is C94H70F2N2O4. The summed E-state index contributed by atoms with van der Waals surface area (Å²) in [7, 11) is 3.39. The molecule has 0 radical (unpaired) electrons. The molecule has 0 bridgehead atoms. The van der Waals surface area contributed by atoms with Crippen molar-refractivity contribution in [1.29, 1.82) is 0 Å². The monoisotopic (exact) mass is 1330 g/mol. The van der Waals surface area contributed by atoms with Crippen molar-refractivity contribution in [2.75, 3.05) is 24.0 Å². The van der Waals surface area contributed by atoms with Gasteiger partial charge in [0.25, 0.3) is 0 Å². The van der Waals surface area contributed by atoms with Crippen LogP contribution in [0.2, 0.25) is 0 Å². The van der Waals surface area contributed by atoms with E-state index in [2.05, 4.69) is 252 Å². The van der Waals surface area contributed by atoms with Crippen LogP contribution in [-0.4, -0.2) is 14.2 Å². The van der Waals surface area contributed by atoms with E-state index in [9.17, 15) is 0 Å². The molecule has 18 rings (SSSR count). The molecule has 0 aromatic heterocycles. The smallest absolute Gasteiger partial charge is 0.128 e. The molecule has 0 N–H and O–H groups in total. The molecule has 0 spiro atoms. The summed E-state index contributed by atoms with van der Waals surface area (Å²) in [6.45, 7) is 3.59. The van der Waals surface area contributed by atoms with Gasteiger partial charge in [0.15, 0.2) is 0 Å². The number of benzene rings is 14. The lowest BCUT2D eigenvalue weighted by Crippen LogP contribution is -2.28. The molecule has 0 fully saturated rings. The minimum absolute atomic E-state index is 0.294. The lowest BCUT2D eigenvalue weighted by Gasteiger charge is -2.35. The van der Waals surface area contributed by atoms with E-state index in [0.29, 0.717) is 22.5 Å². The van der Waals surface area contributed by atoms with Crippen LogP contribution in [0.1, 0.15) is 77.9 Å². The normalized spacial score (nSPS) is 15.5. The molecule has 0 heterocycles. The molecule has 102 heavy (non-hydrogen) atoms. The summed E-state index contributed by atoms with van der Waals surface area (Å²) in [6.07, 6.45) is 4.37. The Morgan fingerprint density at radius 3 is 0.931 bits per heavy atom. The predicted molar refractivity (Wildman–Crippen MR) is 406 cm³/mol. The van der Waals surface area contributed by atoms with E-state index in [4.69, 9.17) is 18.9 Å². The molecule has 6 nitrogen and oxygen atoms in total. The molecule has 0 aliphatic heterocycles. The Labute approximate surface area is 593 Å². The van der Waals surface area contributed by atoms with E-state index in [-0.39, 0.29) is 11.6 Å². The zero-order valence-corrected chi connectivity index (χ0v) is 57.0. The van der Waals surface area contributed by atoms with E-state index in [1.807, 2.05) is 48.5 Å². The van der Waals surface area contributed by atoms with Crippen LogP contribution in [0.4, 0.5) is 42.9 Å². The molecule has 8 heteroatoms. The van der Waals surface area contributed by atoms with Gasteiger partial charge in [0.05, 0.1) is 25.0 Å². The lowest BCUT2D eigenvalue weighted by atomic mass is 9.67. The number of nitrogens with zero attached hydrogens (tertiary/aromatic N) is 2. The maximum Gasteiger partial charge on any atom is 0.128 e. The maximum atomic E-state index is 16.2. The Hall–Kier alpha value is -12.3. The van der Waals surface area contributed by atoms with Gasteiger partial charge in [0, 0.05) is 34.1 Å². The Kier molecular flexibility index (Phi) is 15.1. The number of rotatable bonds is 17. The van der Waals surface area contributed by atoms with Crippen LogP contribution in [0.5, 0.6) is 34.5 Å². The molecular weight excluding hydrogens is 1260 g/mol. The molecule has 2 unspecified atom stereocenters. The number of anilines is 6. The fourth-order valence-electron chi connectivity index (χ4n) is 16.3. The molecule has 4 aliphatic rings. The molecule has 14 aromatic carbocycles. The van der Waals surface area contributed by atoms with Crippen molar-refractivity contribution in [3.63, 3.8) is 0 Å². The Morgan fingerprint density at radius 2 is 0.588 bits per heavy atom. The average Bonchev–Trinajstić information content (AvgIpc) is 1.53. The molecule has 0 saturated heterocycles. The predicted octanol–water partition coefficient (Wildman–Crippen LogP) is 23.7. The van der Waals surface area contributed by atoms with Crippen molar-refractivity contribution in [1.82, 2.24) is 0 Å². The highest BCUT2D eigenvalue weighted by atomic mass is 19.1. The zero-order chi connectivity index (χ0) is 68.8. The third kappa shape index (κ3) is 10.3. The van der Waals surface area contributed by atoms with Crippen LogP contribution in [-0.2, 0) is 36.5 Å². The van der Waals surface area contributed by atoms with Gasteiger partial charge in [-0.25, -0.2) is 8.78 Å². The summed E-state index contributed by atoms with van der Waals surface area (Å²) >= 11 is 0. The molecule has 0 saturated carbocycles. The standard InChI is InChI=1S/C94H70F2N2O4/c1-59-13-33-75(57-91(59)95)97(73-39-51-85-83-9-5-7-11-87(83)93(89(85)55-73,67-25-43-77(99-3)44-26-67)69-29-47-79(48-30-69)101-81-41-23-63-15-17-65(63)53-81)71-35-19-61(20-36-71)62-21-37-72(38-22-62)98(76-34-14-60(2)92(96)58-76)74-40-52-86-84-10-6-8-12-88(84)94(90(86)56-74,68-27-45-78(100-4)46-28-68)70-31-49-80(50-32-70)102-82-42-24-64-16-18-66(64)54-82/h5-14,19-58H,15-18H2,1-4H3. The van der Waals surface area contributed by atoms with E-state index in [1.165, 1.54) is 22.3 Å². The van der Waals surface area contributed by atoms with Crippen molar-refractivity contribution in [3.8, 4) is 67.9 Å². The molecule has 0 amide bonds. The highest BCUT2D eigenvalue weighted by Gasteiger charge is 2.48. The molecule has 14 aromatic rings. The van der Waals surface area contributed by atoms with Crippen LogP contribution in [0.15, 0.2) is 303 Å². The number of halogens is 2. The third-order valence-corrected chi connectivity index (χ3v) is 21.8.